The van der Waals surface area contributed by atoms with E-state index in [1.54, 1.807) is 0 Å². The molecular formula is C14H20O6. The smallest absolute Gasteiger partial charge is 0.309 e. The number of ether oxygens (including phenoxy) is 4. The molecule has 20 heavy (non-hydrogen) atoms. The van der Waals surface area contributed by atoms with E-state index in [1.807, 2.05) is 0 Å². The van der Waals surface area contributed by atoms with Gasteiger partial charge in [-0.1, -0.05) is 12.8 Å². The van der Waals surface area contributed by atoms with Gasteiger partial charge in [-0.05, 0) is 12.8 Å². The summed E-state index contributed by atoms with van der Waals surface area (Å²) in [5, 5.41) is 0. The second kappa shape index (κ2) is 6.10. The topological polar surface area (TPSA) is 77.7 Å². The lowest BCUT2D eigenvalue weighted by Gasteiger charge is -2.28. The second-order valence-corrected chi connectivity index (χ2v) is 5.67. The molecule has 0 aromatic carbocycles. The van der Waals surface area contributed by atoms with Crippen LogP contribution in [0.5, 0.6) is 0 Å². The second-order valence-electron chi connectivity index (χ2n) is 5.67. The number of hydrogen-bond acceptors (Lipinski definition) is 6. The fraction of sp³-hybridized carbons (Fsp3) is 0.857. The highest BCUT2D eigenvalue weighted by Crippen LogP contribution is 2.32. The summed E-state index contributed by atoms with van der Waals surface area (Å²) in [4.78, 5) is 24.2. The highest BCUT2D eigenvalue weighted by molar-refractivity contribution is 5.82. The summed E-state index contributed by atoms with van der Waals surface area (Å²) in [7, 11) is 0. The first-order valence-corrected chi connectivity index (χ1v) is 7.30. The molecule has 6 heteroatoms. The Hall–Kier alpha value is -1.14. The number of carbonyl (C=O) groups is 2. The quantitative estimate of drug-likeness (QED) is 0.527. The van der Waals surface area contributed by atoms with E-state index in [4.69, 9.17) is 18.9 Å². The Morgan fingerprint density at radius 3 is 1.60 bits per heavy atom. The monoisotopic (exact) mass is 284 g/mol. The van der Waals surface area contributed by atoms with Crippen molar-refractivity contribution in [3.05, 3.63) is 0 Å². The van der Waals surface area contributed by atoms with Crippen molar-refractivity contribution in [3.8, 4) is 0 Å². The molecule has 0 amide bonds. The summed E-state index contributed by atoms with van der Waals surface area (Å²) >= 11 is 0. The first kappa shape index (κ1) is 13.8. The standard InChI is InChI=1S/C14H20O6/c15-13(19-7-9-5-17-9)11-3-1-2-4-12(11)14(16)20-8-10-6-18-10/h9-12H,1-8H2/t9-,10+,11-,12-/m0/s1. The zero-order valence-corrected chi connectivity index (χ0v) is 11.4. The normalized spacial score (nSPS) is 35.2. The molecule has 3 rings (SSSR count). The average Bonchev–Trinajstić information content (AvgIpc) is 3.36. The third-order valence-electron chi connectivity index (χ3n) is 4.00. The molecule has 0 bridgehead atoms. The number of esters is 2. The van der Waals surface area contributed by atoms with E-state index < -0.39 is 0 Å². The minimum Gasteiger partial charge on any atom is -0.463 e. The summed E-state index contributed by atoms with van der Waals surface area (Å²) < 4.78 is 20.5. The van der Waals surface area contributed by atoms with Crippen LogP contribution in [0.4, 0.5) is 0 Å². The minimum absolute atomic E-state index is 0.0555. The van der Waals surface area contributed by atoms with Crippen LogP contribution in [0, 0.1) is 11.8 Å². The predicted molar refractivity (Wildman–Crippen MR) is 66.8 cm³/mol. The lowest BCUT2D eigenvalue weighted by atomic mass is 9.79. The van der Waals surface area contributed by atoms with Gasteiger partial charge < -0.3 is 18.9 Å². The zero-order chi connectivity index (χ0) is 13.9. The summed E-state index contributed by atoms with van der Waals surface area (Å²) in [6, 6.07) is 0. The number of carbonyl (C=O) groups excluding carboxylic acids is 2. The van der Waals surface area contributed by atoms with E-state index >= 15 is 0 Å². The molecule has 6 nitrogen and oxygen atoms in total. The van der Waals surface area contributed by atoms with Crippen molar-refractivity contribution in [2.75, 3.05) is 26.4 Å². The van der Waals surface area contributed by atoms with Crippen LogP contribution in [0.3, 0.4) is 0 Å². The van der Waals surface area contributed by atoms with Gasteiger partial charge in [-0.3, -0.25) is 9.59 Å². The first-order chi connectivity index (χ1) is 9.74. The Balaban J connectivity index is 1.50. The molecule has 3 aliphatic rings. The van der Waals surface area contributed by atoms with E-state index in [9.17, 15) is 9.59 Å². The van der Waals surface area contributed by atoms with Crippen molar-refractivity contribution in [2.24, 2.45) is 11.8 Å². The van der Waals surface area contributed by atoms with Crippen LogP contribution >= 0.6 is 0 Å². The van der Waals surface area contributed by atoms with Gasteiger partial charge >= 0.3 is 11.9 Å². The average molecular weight is 284 g/mol. The van der Waals surface area contributed by atoms with Crippen molar-refractivity contribution in [2.45, 2.75) is 37.9 Å². The maximum Gasteiger partial charge on any atom is 0.309 e. The van der Waals surface area contributed by atoms with Gasteiger partial charge in [0.15, 0.2) is 0 Å². The fourth-order valence-electron chi connectivity index (χ4n) is 2.59. The van der Waals surface area contributed by atoms with Crippen molar-refractivity contribution in [1.29, 1.82) is 0 Å². The van der Waals surface area contributed by atoms with Crippen LogP contribution in [0.15, 0.2) is 0 Å². The predicted octanol–water partition coefficient (Wildman–Crippen LogP) is 0.677. The molecule has 2 aliphatic heterocycles. The van der Waals surface area contributed by atoms with Gasteiger partial charge in [0, 0.05) is 0 Å². The maximum absolute atomic E-state index is 12.1. The van der Waals surface area contributed by atoms with Gasteiger partial charge in [0.25, 0.3) is 0 Å². The number of hydrogen-bond donors (Lipinski definition) is 0. The summed E-state index contributed by atoms with van der Waals surface area (Å²) in [5.41, 5.74) is 0. The molecule has 2 heterocycles. The van der Waals surface area contributed by atoms with Gasteiger partial charge in [0.1, 0.15) is 25.4 Å². The molecule has 0 radical (unpaired) electrons. The Labute approximate surface area is 117 Å². The third kappa shape index (κ3) is 3.70. The largest absolute Gasteiger partial charge is 0.463 e. The molecule has 4 atom stereocenters. The zero-order valence-electron chi connectivity index (χ0n) is 11.4. The Morgan fingerprint density at radius 1 is 0.850 bits per heavy atom. The third-order valence-corrected chi connectivity index (χ3v) is 4.00. The highest BCUT2D eigenvalue weighted by atomic mass is 16.6. The van der Waals surface area contributed by atoms with Gasteiger partial charge in [0.2, 0.25) is 0 Å². The molecule has 0 unspecified atom stereocenters. The van der Waals surface area contributed by atoms with Crippen LogP contribution in [-0.2, 0) is 28.5 Å². The summed E-state index contributed by atoms with van der Waals surface area (Å²) in [6.45, 7) is 1.91. The van der Waals surface area contributed by atoms with Crippen LogP contribution in [0.1, 0.15) is 25.7 Å². The Morgan fingerprint density at radius 2 is 1.25 bits per heavy atom. The molecule has 0 aromatic rings. The van der Waals surface area contributed by atoms with Crippen LogP contribution in [0.25, 0.3) is 0 Å². The van der Waals surface area contributed by atoms with Crippen molar-refractivity contribution >= 4 is 11.9 Å². The summed E-state index contributed by atoms with van der Waals surface area (Å²) in [5.74, 6) is -1.31. The molecule has 0 N–H and O–H groups in total. The van der Waals surface area contributed by atoms with E-state index in [0.29, 0.717) is 39.3 Å². The highest BCUT2D eigenvalue weighted by Gasteiger charge is 2.39. The number of rotatable bonds is 6. The van der Waals surface area contributed by atoms with Crippen molar-refractivity contribution in [3.63, 3.8) is 0 Å². The first-order valence-electron chi connectivity index (χ1n) is 7.30. The number of epoxide rings is 2. The van der Waals surface area contributed by atoms with E-state index in [1.165, 1.54) is 0 Å². The van der Waals surface area contributed by atoms with Gasteiger partial charge in [-0.15, -0.1) is 0 Å². The lowest BCUT2D eigenvalue weighted by molar-refractivity contribution is -0.163. The Bertz CT molecular complexity index is 338. The molecule has 0 spiro atoms. The van der Waals surface area contributed by atoms with Crippen molar-refractivity contribution in [1.82, 2.24) is 0 Å². The maximum atomic E-state index is 12.1. The molecule has 112 valence electrons. The van der Waals surface area contributed by atoms with Crippen LogP contribution < -0.4 is 0 Å². The van der Waals surface area contributed by atoms with E-state index in [2.05, 4.69) is 0 Å². The molecule has 1 aliphatic carbocycles. The molecular weight excluding hydrogens is 264 g/mol. The van der Waals surface area contributed by atoms with Crippen LogP contribution in [-0.4, -0.2) is 50.6 Å². The SMILES string of the molecule is O=C(OC[C@@H]1CO1)[C@H]1CCCC[C@@H]1C(=O)OC[C@H]1CO1. The van der Waals surface area contributed by atoms with Crippen LogP contribution in [0.2, 0.25) is 0 Å². The molecule has 0 aromatic heterocycles. The molecule has 3 fully saturated rings. The lowest BCUT2D eigenvalue weighted by Crippen LogP contribution is -2.35. The minimum atomic E-state index is -0.366. The van der Waals surface area contributed by atoms with Gasteiger partial charge in [0.05, 0.1) is 25.0 Å². The van der Waals surface area contributed by atoms with Gasteiger partial charge in [-0.2, -0.15) is 0 Å². The van der Waals surface area contributed by atoms with Gasteiger partial charge in [-0.25, -0.2) is 0 Å². The summed E-state index contributed by atoms with van der Waals surface area (Å²) in [6.07, 6.45) is 3.42. The molecule has 2 saturated heterocycles. The Kier molecular flexibility index (Phi) is 4.21. The van der Waals surface area contributed by atoms with Crippen molar-refractivity contribution < 1.29 is 28.5 Å². The van der Waals surface area contributed by atoms with E-state index in [-0.39, 0.29) is 36.0 Å². The molecule has 1 saturated carbocycles. The van der Waals surface area contributed by atoms with E-state index in [0.717, 1.165) is 12.8 Å². The fourth-order valence-corrected chi connectivity index (χ4v) is 2.59.